The van der Waals surface area contributed by atoms with Crippen LogP contribution in [0, 0.1) is 5.82 Å². The lowest BCUT2D eigenvalue weighted by Gasteiger charge is -2.34. The molecule has 1 fully saturated rings. The van der Waals surface area contributed by atoms with Gasteiger partial charge in [-0.3, -0.25) is 0 Å². The molecule has 16 heavy (non-hydrogen) atoms. The summed E-state index contributed by atoms with van der Waals surface area (Å²) in [6.45, 7) is 0. The fourth-order valence-electron chi connectivity index (χ4n) is 2.34. The van der Waals surface area contributed by atoms with Crippen LogP contribution < -0.4 is 5.73 Å². The molecule has 1 aromatic rings. The highest BCUT2D eigenvalue weighted by atomic mass is 19.1. The lowest BCUT2D eigenvalue weighted by Crippen LogP contribution is -2.38. The topological polar surface area (TPSA) is 66.5 Å². The van der Waals surface area contributed by atoms with Crippen LogP contribution in [0.5, 0.6) is 11.5 Å². The van der Waals surface area contributed by atoms with Gasteiger partial charge in [0.2, 0.25) is 0 Å². The van der Waals surface area contributed by atoms with Crippen molar-refractivity contribution in [2.75, 3.05) is 0 Å². The van der Waals surface area contributed by atoms with E-state index in [0.717, 1.165) is 32.1 Å². The number of nitrogens with two attached hydrogens (primary N) is 1. The number of halogens is 1. The molecule has 0 aromatic heterocycles. The Morgan fingerprint density at radius 1 is 1.12 bits per heavy atom. The first-order chi connectivity index (χ1) is 7.53. The third-order valence-corrected chi connectivity index (χ3v) is 3.36. The van der Waals surface area contributed by atoms with Gasteiger partial charge in [0, 0.05) is 5.54 Å². The van der Waals surface area contributed by atoms with Gasteiger partial charge < -0.3 is 15.9 Å². The Kier molecular flexibility index (Phi) is 2.76. The van der Waals surface area contributed by atoms with Gasteiger partial charge in [-0.05, 0) is 30.5 Å². The van der Waals surface area contributed by atoms with Crippen LogP contribution in [0.3, 0.4) is 0 Å². The maximum absolute atomic E-state index is 13.3. The molecule has 0 aliphatic heterocycles. The molecule has 0 heterocycles. The van der Waals surface area contributed by atoms with Crippen LogP contribution >= 0.6 is 0 Å². The predicted molar refractivity (Wildman–Crippen MR) is 58.7 cm³/mol. The van der Waals surface area contributed by atoms with E-state index >= 15 is 0 Å². The molecule has 88 valence electrons. The molecule has 3 nitrogen and oxygen atoms in total. The number of benzene rings is 1. The zero-order valence-electron chi connectivity index (χ0n) is 9.04. The Morgan fingerprint density at radius 2 is 1.75 bits per heavy atom. The lowest BCUT2D eigenvalue weighted by molar-refractivity contribution is 0.298. The first-order valence-corrected chi connectivity index (χ1v) is 5.54. The van der Waals surface area contributed by atoms with Crippen LogP contribution in [0.25, 0.3) is 0 Å². The second-order valence-electron chi connectivity index (χ2n) is 4.54. The average molecular weight is 225 g/mol. The van der Waals surface area contributed by atoms with E-state index in [0.29, 0.717) is 5.56 Å². The predicted octanol–water partition coefficient (Wildman–Crippen LogP) is 2.36. The van der Waals surface area contributed by atoms with E-state index in [1.165, 1.54) is 12.1 Å². The fraction of sp³-hybridized carbons (Fsp3) is 0.500. The molecule has 0 spiro atoms. The van der Waals surface area contributed by atoms with E-state index in [4.69, 9.17) is 10.8 Å². The zero-order chi connectivity index (χ0) is 11.8. The van der Waals surface area contributed by atoms with Crippen LogP contribution in [0.1, 0.15) is 37.7 Å². The summed E-state index contributed by atoms with van der Waals surface area (Å²) in [6.07, 6.45) is 4.75. The summed E-state index contributed by atoms with van der Waals surface area (Å²) in [5.74, 6) is -1.96. The summed E-state index contributed by atoms with van der Waals surface area (Å²) >= 11 is 0. The minimum atomic E-state index is -0.814. The van der Waals surface area contributed by atoms with Gasteiger partial charge in [0.15, 0.2) is 17.3 Å². The van der Waals surface area contributed by atoms with Crippen molar-refractivity contribution in [3.8, 4) is 11.5 Å². The first kappa shape index (κ1) is 11.2. The normalized spacial score (nSPS) is 19.6. The molecule has 1 aliphatic rings. The summed E-state index contributed by atoms with van der Waals surface area (Å²) < 4.78 is 13.3. The van der Waals surface area contributed by atoms with Crippen LogP contribution in [0.2, 0.25) is 0 Å². The smallest absolute Gasteiger partial charge is 0.194 e. The molecule has 1 aromatic carbocycles. The SMILES string of the molecule is NC1(c2cc(O)c(O)c(F)c2)CCCCC1. The standard InChI is InChI=1S/C12H16FNO2/c13-9-6-8(7-10(15)11(9)16)12(14)4-2-1-3-5-12/h6-7,15-16H,1-5,14H2. The molecule has 1 saturated carbocycles. The van der Waals surface area contributed by atoms with Crippen LogP contribution in [-0.4, -0.2) is 10.2 Å². The highest BCUT2D eigenvalue weighted by Crippen LogP contribution is 2.39. The minimum absolute atomic E-state index is 0.439. The Balaban J connectivity index is 2.39. The fourth-order valence-corrected chi connectivity index (χ4v) is 2.34. The van der Waals surface area contributed by atoms with Crippen LogP contribution in [0.15, 0.2) is 12.1 Å². The van der Waals surface area contributed by atoms with Gasteiger partial charge in [-0.25, -0.2) is 4.39 Å². The van der Waals surface area contributed by atoms with Gasteiger partial charge in [-0.1, -0.05) is 19.3 Å². The third-order valence-electron chi connectivity index (χ3n) is 3.36. The maximum atomic E-state index is 13.3. The largest absolute Gasteiger partial charge is 0.504 e. The van der Waals surface area contributed by atoms with Crippen molar-refractivity contribution in [2.24, 2.45) is 5.73 Å². The molecule has 0 unspecified atom stereocenters. The van der Waals surface area contributed by atoms with Crippen molar-refractivity contribution < 1.29 is 14.6 Å². The number of hydrogen-bond donors (Lipinski definition) is 3. The van der Waals surface area contributed by atoms with Crippen LogP contribution in [-0.2, 0) is 5.54 Å². The summed E-state index contributed by atoms with van der Waals surface area (Å²) in [4.78, 5) is 0. The van der Waals surface area contributed by atoms with Crippen molar-refractivity contribution in [3.05, 3.63) is 23.5 Å². The van der Waals surface area contributed by atoms with E-state index in [2.05, 4.69) is 0 Å². The quantitative estimate of drug-likeness (QED) is 0.643. The van der Waals surface area contributed by atoms with Crippen molar-refractivity contribution >= 4 is 0 Å². The van der Waals surface area contributed by atoms with Gasteiger partial charge >= 0.3 is 0 Å². The number of phenolic OH excluding ortho intramolecular Hbond substituents is 2. The number of aromatic hydroxyl groups is 2. The number of rotatable bonds is 1. The highest BCUT2D eigenvalue weighted by Gasteiger charge is 2.30. The molecule has 2 rings (SSSR count). The molecule has 0 saturated heterocycles. The van der Waals surface area contributed by atoms with Crippen molar-refractivity contribution in [2.45, 2.75) is 37.6 Å². The van der Waals surface area contributed by atoms with Gasteiger partial charge in [0.05, 0.1) is 0 Å². The van der Waals surface area contributed by atoms with E-state index in [9.17, 15) is 9.50 Å². The lowest BCUT2D eigenvalue weighted by atomic mass is 9.77. The van der Waals surface area contributed by atoms with E-state index in [1.807, 2.05) is 0 Å². The minimum Gasteiger partial charge on any atom is -0.504 e. The summed E-state index contributed by atoms with van der Waals surface area (Å²) in [5.41, 5.74) is 6.21. The van der Waals surface area contributed by atoms with Crippen molar-refractivity contribution in [1.82, 2.24) is 0 Å². The molecule has 4 heteroatoms. The molecule has 0 amide bonds. The molecule has 1 aliphatic carbocycles. The Morgan fingerprint density at radius 3 is 2.31 bits per heavy atom. The van der Waals surface area contributed by atoms with Gasteiger partial charge in [0.1, 0.15) is 0 Å². The molecule has 0 bridgehead atoms. The maximum Gasteiger partial charge on any atom is 0.194 e. The second kappa shape index (κ2) is 3.94. The molecule has 4 N–H and O–H groups in total. The number of phenols is 2. The Labute approximate surface area is 93.7 Å². The Bertz CT molecular complexity index is 377. The first-order valence-electron chi connectivity index (χ1n) is 5.54. The van der Waals surface area contributed by atoms with Crippen molar-refractivity contribution in [3.63, 3.8) is 0 Å². The van der Waals surface area contributed by atoms with E-state index < -0.39 is 22.9 Å². The van der Waals surface area contributed by atoms with Gasteiger partial charge in [0.25, 0.3) is 0 Å². The molecular formula is C12H16FNO2. The summed E-state index contributed by atoms with van der Waals surface area (Å²) in [6, 6.07) is 2.59. The molecule has 0 atom stereocenters. The highest BCUT2D eigenvalue weighted by molar-refractivity contribution is 5.44. The van der Waals surface area contributed by atoms with Gasteiger partial charge in [-0.2, -0.15) is 0 Å². The third kappa shape index (κ3) is 1.85. The summed E-state index contributed by atoms with van der Waals surface area (Å²) in [7, 11) is 0. The van der Waals surface area contributed by atoms with Crippen LogP contribution in [0.4, 0.5) is 4.39 Å². The second-order valence-corrected chi connectivity index (χ2v) is 4.54. The van der Waals surface area contributed by atoms with E-state index in [-0.39, 0.29) is 0 Å². The average Bonchev–Trinajstić information content (AvgIpc) is 2.26. The summed E-state index contributed by atoms with van der Waals surface area (Å²) in [5, 5.41) is 18.5. The zero-order valence-corrected chi connectivity index (χ0v) is 9.04. The molecule has 0 radical (unpaired) electrons. The molecular weight excluding hydrogens is 209 g/mol. The monoisotopic (exact) mass is 225 g/mol. The van der Waals surface area contributed by atoms with Gasteiger partial charge in [-0.15, -0.1) is 0 Å². The van der Waals surface area contributed by atoms with E-state index in [1.54, 1.807) is 0 Å². The number of hydrogen-bond acceptors (Lipinski definition) is 3. The Hall–Kier alpha value is -1.29. The van der Waals surface area contributed by atoms with Crippen molar-refractivity contribution in [1.29, 1.82) is 0 Å².